The Morgan fingerprint density at radius 1 is 1.04 bits per heavy atom. The molecule has 1 aliphatic heterocycles. The minimum absolute atomic E-state index is 0.0903. The van der Waals surface area contributed by atoms with Gasteiger partial charge in [0.05, 0.1) is 17.6 Å². The maximum absolute atomic E-state index is 12.7. The van der Waals surface area contributed by atoms with E-state index in [9.17, 15) is 9.59 Å². The summed E-state index contributed by atoms with van der Waals surface area (Å²) in [7, 11) is 0. The van der Waals surface area contributed by atoms with E-state index in [0.717, 1.165) is 30.6 Å². The second-order valence-corrected chi connectivity index (χ2v) is 7.23. The van der Waals surface area contributed by atoms with E-state index in [1.54, 1.807) is 12.3 Å². The summed E-state index contributed by atoms with van der Waals surface area (Å²) in [4.78, 5) is 27.7. The average molecular weight is 376 g/mol. The molecule has 3 aromatic rings. The highest BCUT2D eigenvalue weighted by molar-refractivity contribution is 5.81. The number of carbonyl (C=O) groups excluding carboxylic acids is 1. The molecule has 1 amide bonds. The topological polar surface area (TPSA) is 67.2 Å². The first-order chi connectivity index (χ1) is 13.7. The first-order valence-electron chi connectivity index (χ1n) is 9.72. The van der Waals surface area contributed by atoms with Crippen molar-refractivity contribution in [2.24, 2.45) is 0 Å². The Balaban J connectivity index is 1.51. The molecule has 1 atom stereocenters. The molecular weight excluding hydrogens is 352 g/mol. The summed E-state index contributed by atoms with van der Waals surface area (Å²) < 4.78 is 1.23. The van der Waals surface area contributed by atoms with Gasteiger partial charge in [-0.1, -0.05) is 48.5 Å². The molecule has 0 spiro atoms. The van der Waals surface area contributed by atoms with Crippen LogP contribution >= 0.6 is 0 Å². The fourth-order valence-electron chi connectivity index (χ4n) is 3.76. The van der Waals surface area contributed by atoms with Gasteiger partial charge in [0, 0.05) is 11.9 Å². The third kappa shape index (κ3) is 4.12. The van der Waals surface area contributed by atoms with Crippen LogP contribution < -0.4 is 10.9 Å². The molecule has 4 rings (SSSR count). The third-order valence-corrected chi connectivity index (χ3v) is 5.23. The van der Waals surface area contributed by atoms with Crippen LogP contribution in [0, 0.1) is 0 Å². The summed E-state index contributed by atoms with van der Waals surface area (Å²) >= 11 is 0. The van der Waals surface area contributed by atoms with Gasteiger partial charge < -0.3 is 10.2 Å². The highest BCUT2D eigenvalue weighted by atomic mass is 16.2. The quantitative estimate of drug-likeness (QED) is 0.717. The molecule has 2 heterocycles. The van der Waals surface area contributed by atoms with Crippen molar-refractivity contribution >= 4 is 16.7 Å². The lowest BCUT2D eigenvalue weighted by atomic mass is 10.1. The fraction of sp³-hybridized carbons (Fsp3) is 0.318. The van der Waals surface area contributed by atoms with Crippen LogP contribution in [0.3, 0.4) is 0 Å². The van der Waals surface area contributed by atoms with E-state index < -0.39 is 0 Å². The number of fused-ring (bicyclic) bond motifs is 1. The first-order valence-corrected chi connectivity index (χ1v) is 9.72. The van der Waals surface area contributed by atoms with Gasteiger partial charge in [-0.05, 0) is 37.6 Å². The minimum Gasteiger partial charge on any atom is -0.346 e. The van der Waals surface area contributed by atoms with Crippen LogP contribution in [0.2, 0.25) is 0 Å². The molecule has 28 heavy (non-hydrogen) atoms. The standard InChI is InChI=1S/C22H24N4O2/c27-21(16-26-22(28)19-11-5-4-10-18(19)14-23-26)24-20(15-25-12-6-7-13-25)17-8-2-1-3-9-17/h1-5,8-11,14,20H,6-7,12-13,15-16H2,(H,24,27). The molecule has 1 fully saturated rings. The van der Waals surface area contributed by atoms with Crippen molar-refractivity contribution in [2.75, 3.05) is 19.6 Å². The largest absolute Gasteiger partial charge is 0.346 e. The molecule has 1 N–H and O–H groups in total. The van der Waals surface area contributed by atoms with Crippen LogP contribution in [0.15, 0.2) is 65.6 Å². The number of aromatic nitrogens is 2. The summed E-state index contributed by atoms with van der Waals surface area (Å²) in [6, 6.07) is 17.2. The van der Waals surface area contributed by atoms with E-state index in [-0.39, 0.29) is 24.1 Å². The Hall–Kier alpha value is -2.99. The van der Waals surface area contributed by atoms with Gasteiger partial charge in [-0.3, -0.25) is 9.59 Å². The molecule has 6 heteroatoms. The summed E-state index contributed by atoms with van der Waals surface area (Å²) in [6.45, 7) is 2.80. The Kier molecular flexibility index (Phi) is 5.48. The summed E-state index contributed by atoms with van der Waals surface area (Å²) in [5.74, 6) is -0.210. The lowest BCUT2D eigenvalue weighted by molar-refractivity contribution is -0.122. The number of hydrogen-bond acceptors (Lipinski definition) is 4. The summed E-state index contributed by atoms with van der Waals surface area (Å²) in [5.41, 5.74) is 0.825. The lowest BCUT2D eigenvalue weighted by Crippen LogP contribution is -2.40. The first kappa shape index (κ1) is 18.4. The molecule has 144 valence electrons. The SMILES string of the molecule is O=C(Cn1ncc2ccccc2c1=O)NC(CN1CCCC1)c1ccccc1. The molecule has 0 radical (unpaired) electrons. The Morgan fingerprint density at radius 2 is 1.75 bits per heavy atom. The normalized spacial score (nSPS) is 15.6. The van der Waals surface area contributed by atoms with Crippen LogP contribution in [0.4, 0.5) is 0 Å². The van der Waals surface area contributed by atoms with Gasteiger partial charge in [-0.15, -0.1) is 0 Å². The van der Waals surface area contributed by atoms with Crippen LogP contribution in [0.25, 0.3) is 10.8 Å². The van der Waals surface area contributed by atoms with Gasteiger partial charge in [0.25, 0.3) is 5.56 Å². The fourth-order valence-corrected chi connectivity index (χ4v) is 3.76. The second kappa shape index (κ2) is 8.35. The molecule has 1 unspecified atom stereocenters. The maximum atomic E-state index is 12.7. The van der Waals surface area contributed by atoms with Crippen molar-refractivity contribution in [1.82, 2.24) is 20.0 Å². The van der Waals surface area contributed by atoms with Crippen molar-refractivity contribution in [3.05, 3.63) is 76.7 Å². The van der Waals surface area contributed by atoms with Crippen molar-refractivity contribution in [3.63, 3.8) is 0 Å². The number of nitrogens with one attached hydrogen (secondary N) is 1. The zero-order valence-corrected chi connectivity index (χ0v) is 15.8. The predicted octanol–water partition coefficient (Wildman–Crippen LogP) is 2.35. The van der Waals surface area contributed by atoms with Gasteiger partial charge in [0.2, 0.25) is 5.91 Å². The van der Waals surface area contributed by atoms with Crippen LogP contribution in [-0.2, 0) is 11.3 Å². The molecule has 1 saturated heterocycles. The van der Waals surface area contributed by atoms with E-state index in [4.69, 9.17) is 0 Å². The van der Waals surface area contributed by atoms with Gasteiger partial charge in [0.15, 0.2) is 0 Å². The van der Waals surface area contributed by atoms with Gasteiger partial charge in [0.1, 0.15) is 6.54 Å². The van der Waals surface area contributed by atoms with Crippen molar-refractivity contribution < 1.29 is 4.79 Å². The lowest BCUT2D eigenvalue weighted by Gasteiger charge is -2.25. The van der Waals surface area contributed by atoms with Crippen LogP contribution in [0.1, 0.15) is 24.4 Å². The zero-order valence-electron chi connectivity index (χ0n) is 15.8. The minimum atomic E-state index is -0.246. The Morgan fingerprint density at radius 3 is 2.54 bits per heavy atom. The number of carbonyl (C=O) groups is 1. The smallest absolute Gasteiger partial charge is 0.275 e. The molecule has 1 aromatic heterocycles. The molecule has 2 aromatic carbocycles. The molecule has 0 bridgehead atoms. The molecule has 6 nitrogen and oxygen atoms in total. The van der Waals surface area contributed by atoms with Crippen LogP contribution in [0.5, 0.6) is 0 Å². The molecule has 0 aliphatic carbocycles. The molecule has 1 aliphatic rings. The summed E-state index contributed by atoms with van der Waals surface area (Å²) in [6.07, 6.45) is 4.03. The van der Waals surface area contributed by atoms with Crippen molar-refractivity contribution in [1.29, 1.82) is 0 Å². The van der Waals surface area contributed by atoms with E-state index in [0.29, 0.717) is 5.39 Å². The van der Waals surface area contributed by atoms with E-state index in [1.165, 1.54) is 17.5 Å². The number of rotatable bonds is 6. The number of nitrogens with zero attached hydrogens (tertiary/aromatic N) is 3. The Bertz CT molecular complexity index is 1010. The number of hydrogen-bond donors (Lipinski definition) is 1. The van der Waals surface area contributed by atoms with Crippen LogP contribution in [-0.4, -0.2) is 40.2 Å². The van der Waals surface area contributed by atoms with E-state index >= 15 is 0 Å². The Labute approximate surface area is 163 Å². The number of benzene rings is 2. The highest BCUT2D eigenvalue weighted by Crippen LogP contribution is 2.17. The number of amides is 1. The predicted molar refractivity (Wildman–Crippen MR) is 109 cm³/mol. The number of likely N-dealkylation sites (tertiary alicyclic amines) is 1. The van der Waals surface area contributed by atoms with Crippen molar-refractivity contribution in [3.8, 4) is 0 Å². The monoisotopic (exact) mass is 376 g/mol. The summed E-state index contributed by atoms with van der Waals surface area (Å²) in [5, 5.41) is 8.62. The van der Waals surface area contributed by atoms with Crippen molar-refractivity contribution in [2.45, 2.75) is 25.4 Å². The van der Waals surface area contributed by atoms with E-state index in [1.807, 2.05) is 48.5 Å². The molecule has 0 saturated carbocycles. The molecular formula is C22H24N4O2. The zero-order chi connectivity index (χ0) is 19.3. The van der Waals surface area contributed by atoms with E-state index in [2.05, 4.69) is 15.3 Å². The maximum Gasteiger partial charge on any atom is 0.275 e. The second-order valence-electron chi connectivity index (χ2n) is 7.23. The van der Waals surface area contributed by atoms with Gasteiger partial charge in [-0.25, -0.2) is 4.68 Å². The highest BCUT2D eigenvalue weighted by Gasteiger charge is 2.21. The van der Waals surface area contributed by atoms with Gasteiger partial charge >= 0.3 is 0 Å². The average Bonchev–Trinajstić information content (AvgIpc) is 3.24. The third-order valence-electron chi connectivity index (χ3n) is 5.23. The van der Waals surface area contributed by atoms with Gasteiger partial charge in [-0.2, -0.15) is 5.10 Å².